The van der Waals surface area contributed by atoms with Crippen molar-refractivity contribution in [2.45, 2.75) is 18.6 Å². The molecular weight excluding hydrogens is 308 g/mol. The average Bonchev–Trinajstić information content (AvgIpc) is 2.69. The van der Waals surface area contributed by atoms with E-state index in [9.17, 15) is 5.11 Å². The summed E-state index contributed by atoms with van der Waals surface area (Å²) >= 11 is 0. The molecular formula is C22H20N2O. The van der Waals surface area contributed by atoms with Gasteiger partial charge in [0.05, 0.1) is 5.71 Å². The van der Waals surface area contributed by atoms with Gasteiger partial charge in [-0.3, -0.25) is 10.3 Å². The lowest BCUT2D eigenvalue weighted by atomic mass is 9.93. The zero-order valence-corrected chi connectivity index (χ0v) is 13.8. The quantitative estimate of drug-likeness (QED) is 0.737. The van der Waals surface area contributed by atoms with Crippen LogP contribution in [0.25, 0.3) is 0 Å². The summed E-state index contributed by atoms with van der Waals surface area (Å²) in [4.78, 5) is 4.90. The number of nitrogens with zero attached hydrogens (tertiary/aromatic N) is 1. The molecule has 1 aliphatic heterocycles. The third kappa shape index (κ3) is 3.32. The SMILES string of the molecule is Oc1ccccc1C1=N[C@@H](c2ccccc2)N[C@H](c2ccccc2)C1. The molecule has 2 atom stereocenters. The molecule has 0 spiro atoms. The van der Waals surface area contributed by atoms with Crippen LogP contribution in [0.2, 0.25) is 0 Å². The zero-order chi connectivity index (χ0) is 17.1. The Balaban J connectivity index is 1.76. The molecule has 0 saturated heterocycles. The van der Waals surface area contributed by atoms with Crippen molar-refractivity contribution in [2.75, 3.05) is 0 Å². The van der Waals surface area contributed by atoms with Gasteiger partial charge in [-0.25, -0.2) is 0 Å². The average molecular weight is 328 g/mol. The van der Waals surface area contributed by atoms with Crippen molar-refractivity contribution in [2.24, 2.45) is 4.99 Å². The molecule has 4 rings (SSSR count). The smallest absolute Gasteiger partial charge is 0.126 e. The maximum atomic E-state index is 10.3. The molecule has 0 amide bonds. The standard InChI is InChI=1S/C22H20N2O/c25-21-14-8-7-13-18(21)20-15-19(16-9-3-1-4-10-16)23-22(24-20)17-11-5-2-6-12-17/h1-14,19,22-23,25H,15H2/t19-,22-/m0/s1. The van der Waals surface area contributed by atoms with Crippen LogP contribution < -0.4 is 5.32 Å². The van der Waals surface area contributed by atoms with Crippen LogP contribution in [0.5, 0.6) is 5.75 Å². The molecule has 0 saturated carbocycles. The van der Waals surface area contributed by atoms with Crippen molar-refractivity contribution in [1.29, 1.82) is 0 Å². The predicted molar refractivity (Wildman–Crippen MR) is 101 cm³/mol. The predicted octanol–water partition coefficient (Wildman–Crippen LogP) is 4.61. The molecule has 0 aliphatic carbocycles. The highest BCUT2D eigenvalue weighted by atomic mass is 16.3. The molecule has 2 N–H and O–H groups in total. The molecule has 3 heteroatoms. The summed E-state index contributed by atoms with van der Waals surface area (Å²) in [5, 5.41) is 13.9. The van der Waals surface area contributed by atoms with Gasteiger partial charge in [0.15, 0.2) is 0 Å². The highest BCUT2D eigenvalue weighted by molar-refractivity contribution is 6.03. The van der Waals surface area contributed by atoms with E-state index in [0.717, 1.165) is 23.3 Å². The number of phenols is 1. The second kappa shape index (κ2) is 6.91. The summed E-state index contributed by atoms with van der Waals surface area (Å²) in [7, 11) is 0. The molecule has 0 unspecified atom stereocenters. The largest absolute Gasteiger partial charge is 0.507 e. The van der Waals surface area contributed by atoms with Gasteiger partial charge >= 0.3 is 0 Å². The van der Waals surface area contributed by atoms with E-state index in [1.165, 1.54) is 5.56 Å². The van der Waals surface area contributed by atoms with Gasteiger partial charge in [-0.2, -0.15) is 0 Å². The molecule has 0 aromatic heterocycles. The first-order chi connectivity index (χ1) is 12.3. The van der Waals surface area contributed by atoms with Crippen LogP contribution in [0, 0.1) is 0 Å². The number of hydrogen-bond acceptors (Lipinski definition) is 3. The Labute approximate surface area is 147 Å². The van der Waals surface area contributed by atoms with E-state index in [1.807, 2.05) is 42.5 Å². The van der Waals surface area contributed by atoms with E-state index in [4.69, 9.17) is 4.99 Å². The fraction of sp³-hybridized carbons (Fsp3) is 0.136. The third-order valence-electron chi connectivity index (χ3n) is 4.57. The van der Waals surface area contributed by atoms with E-state index in [2.05, 4.69) is 41.7 Å². The first-order valence-electron chi connectivity index (χ1n) is 8.52. The van der Waals surface area contributed by atoms with Gasteiger partial charge in [0.1, 0.15) is 11.9 Å². The minimum absolute atomic E-state index is 0.130. The molecule has 3 aromatic rings. The van der Waals surface area contributed by atoms with Crippen molar-refractivity contribution < 1.29 is 5.11 Å². The van der Waals surface area contributed by atoms with Crippen molar-refractivity contribution in [3.63, 3.8) is 0 Å². The fourth-order valence-electron chi connectivity index (χ4n) is 3.29. The van der Waals surface area contributed by atoms with Crippen molar-refractivity contribution in [1.82, 2.24) is 5.32 Å². The monoisotopic (exact) mass is 328 g/mol. The maximum Gasteiger partial charge on any atom is 0.126 e. The minimum atomic E-state index is -0.130. The summed E-state index contributed by atoms with van der Waals surface area (Å²) in [6.45, 7) is 0. The van der Waals surface area contributed by atoms with Crippen LogP contribution in [0.15, 0.2) is 89.9 Å². The lowest BCUT2D eigenvalue weighted by molar-refractivity contribution is 0.439. The summed E-state index contributed by atoms with van der Waals surface area (Å²) < 4.78 is 0. The molecule has 124 valence electrons. The van der Waals surface area contributed by atoms with Crippen molar-refractivity contribution in [3.05, 3.63) is 102 Å². The van der Waals surface area contributed by atoms with Crippen LogP contribution in [0.1, 0.15) is 35.3 Å². The van der Waals surface area contributed by atoms with Gasteiger partial charge in [0.25, 0.3) is 0 Å². The van der Waals surface area contributed by atoms with Gasteiger partial charge < -0.3 is 5.11 Å². The first kappa shape index (κ1) is 15.6. The van der Waals surface area contributed by atoms with Gasteiger partial charge in [0.2, 0.25) is 0 Å². The normalized spacial score (nSPS) is 20.1. The second-order valence-corrected chi connectivity index (χ2v) is 6.24. The van der Waals surface area contributed by atoms with E-state index in [0.29, 0.717) is 0 Å². The zero-order valence-electron chi connectivity index (χ0n) is 13.8. The molecule has 3 aromatic carbocycles. The Kier molecular flexibility index (Phi) is 4.32. The van der Waals surface area contributed by atoms with E-state index in [1.54, 1.807) is 6.07 Å². The number of rotatable bonds is 3. The van der Waals surface area contributed by atoms with E-state index in [-0.39, 0.29) is 18.0 Å². The Bertz CT molecular complexity index is 875. The Morgan fingerprint density at radius 1 is 0.760 bits per heavy atom. The number of para-hydroxylation sites is 1. The molecule has 0 fully saturated rings. The number of nitrogens with one attached hydrogen (secondary N) is 1. The van der Waals surface area contributed by atoms with Crippen LogP contribution >= 0.6 is 0 Å². The van der Waals surface area contributed by atoms with Gasteiger partial charge in [-0.15, -0.1) is 0 Å². The molecule has 3 nitrogen and oxygen atoms in total. The summed E-state index contributed by atoms with van der Waals surface area (Å²) in [5.41, 5.74) is 4.09. The topological polar surface area (TPSA) is 44.6 Å². The van der Waals surface area contributed by atoms with Crippen molar-refractivity contribution in [3.8, 4) is 5.75 Å². The van der Waals surface area contributed by atoms with Crippen LogP contribution in [-0.4, -0.2) is 10.8 Å². The molecule has 25 heavy (non-hydrogen) atoms. The van der Waals surface area contributed by atoms with Gasteiger partial charge in [0, 0.05) is 18.0 Å². The van der Waals surface area contributed by atoms with Crippen LogP contribution in [-0.2, 0) is 0 Å². The van der Waals surface area contributed by atoms with Gasteiger partial charge in [-0.1, -0.05) is 72.8 Å². The van der Waals surface area contributed by atoms with Crippen molar-refractivity contribution >= 4 is 5.71 Å². The number of hydrogen-bond donors (Lipinski definition) is 2. The Hall–Kier alpha value is -2.91. The highest BCUT2D eigenvalue weighted by Crippen LogP contribution is 2.32. The van der Waals surface area contributed by atoms with Gasteiger partial charge in [-0.05, 0) is 23.3 Å². The number of benzene rings is 3. The molecule has 1 aliphatic rings. The molecule has 0 bridgehead atoms. The maximum absolute atomic E-state index is 10.3. The van der Waals surface area contributed by atoms with Crippen LogP contribution in [0.4, 0.5) is 0 Å². The van der Waals surface area contributed by atoms with E-state index < -0.39 is 0 Å². The Morgan fingerprint density at radius 3 is 2.04 bits per heavy atom. The number of phenolic OH excluding ortho intramolecular Hbond substituents is 1. The first-order valence-corrected chi connectivity index (χ1v) is 8.52. The van der Waals surface area contributed by atoms with E-state index >= 15 is 0 Å². The Morgan fingerprint density at radius 2 is 1.36 bits per heavy atom. The lowest BCUT2D eigenvalue weighted by Crippen LogP contribution is -2.33. The lowest BCUT2D eigenvalue weighted by Gasteiger charge is -2.30. The second-order valence-electron chi connectivity index (χ2n) is 6.24. The fourth-order valence-corrected chi connectivity index (χ4v) is 3.29. The summed E-state index contributed by atoms with van der Waals surface area (Å²) in [5.74, 6) is 0.279. The summed E-state index contributed by atoms with van der Waals surface area (Å²) in [6.07, 6.45) is 0.611. The highest BCUT2D eigenvalue weighted by Gasteiger charge is 2.26. The number of aromatic hydroxyl groups is 1. The third-order valence-corrected chi connectivity index (χ3v) is 4.57. The molecule has 1 heterocycles. The number of aliphatic imine (C=N–C) groups is 1. The summed E-state index contributed by atoms with van der Waals surface area (Å²) in [6, 6.07) is 28.2. The minimum Gasteiger partial charge on any atom is -0.507 e. The molecule has 0 radical (unpaired) electrons. The van der Waals surface area contributed by atoms with Crippen LogP contribution in [0.3, 0.4) is 0 Å².